The summed E-state index contributed by atoms with van der Waals surface area (Å²) in [5, 5.41) is 10.2. The first-order valence-electron chi connectivity index (χ1n) is 7.62. The Kier molecular flexibility index (Phi) is 4.73. The number of aromatic carboxylic acids is 1. The summed E-state index contributed by atoms with van der Waals surface area (Å²) < 4.78 is 5.84. The van der Waals surface area contributed by atoms with E-state index in [9.17, 15) is 9.90 Å². The third-order valence-corrected chi connectivity index (χ3v) is 5.84. The minimum atomic E-state index is -0.871. The quantitative estimate of drug-likeness (QED) is 0.883. The molecule has 0 unspecified atom stereocenters. The van der Waals surface area contributed by atoms with E-state index in [1.807, 2.05) is 6.92 Å². The number of nitrogens with zero attached hydrogens (tertiary/aromatic N) is 1. The van der Waals surface area contributed by atoms with E-state index in [1.165, 1.54) is 11.3 Å². The van der Waals surface area contributed by atoms with Gasteiger partial charge in [0.05, 0.1) is 5.69 Å². The number of rotatable bonds is 5. The summed E-state index contributed by atoms with van der Waals surface area (Å²) in [6, 6.07) is 0. The minimum Gasteiger partial charge on any atom is -0.477 e. The van der Waals surface area contributed by atoms with Gasteiger partial charge in [-0.3, -0.25) is 0 Å². The van der Waals surface area contributed by atoms with Crippen LogP contribution in [0.25, 0.3) is 0 Å². The summed E-state index contributed by atoms with van der Waals surface area (Å²) in [6.07, 6.45) is 5.58. The molecule has 2 rings (SSSR count). The number of thiazole rings is 1. The Hall–Kier alpha value is -0.940. The van der Waals surface area contributed by atoms with Crippen molar-refractivity contribution < 1.29 is 14.6 Å². The number of carboxylic acids is 1. The van der Waals surface area contributed by atoms with Gasteiger partial charge in [-0.1, -0.05) is 27.2 Å². The molecular formula is C16H25NO3S. The maximum absolute atomic E-state index is 11.4. The largest absolute Gasteiger partial charge is 0.477 e. The SMILES string of the molecule is CCCc1nc(C2(OC)CCC(C)(C)CC2)sc1C(=O)O. The van der Waals surface area contributed by atoms with Crippen LogP contribution in [0.1, 0.15) is 73.2 Å². The van der Waals surface area contributed by atoms with Crippen molar-refractivity contribution >= 4 is 17.3 Å². The van der Waals surface area contributed by atoms with Crippen molar-refractivity contribution in [3.8, 4) is 0 Å². The molecule has 4 nitrogen and oxygen atoms in total. The first-order chi connectivity index (χ1) is 9.83. The van der Waals surface area contributed by atoms with Crippen LogP contribution in [0.4, 0.5) is 0 Å². The summed E-state index contributed by atoms with van der Waals surface area (Å²) in [5.41, 5.74) is 0.656. The van der Waals surface area contributed by atoms with Crippen molar-refractivity contribution in [1.29, 1.82) is 0 Å². The van der Waals surface area contributed by atoms with Crippen LogP contribution in [0.3, 0.4) is 0 Å². The van der Waals surface area contributed by atoms with E-state index in [0.29, 0.717) is 22.4 Å². The molecule has 0 amide bonds. The van der Waals surface area contributed by atoms with Crippen molar-refractivity contribution in [2.75, 3.05) is 7.11 Å². The summed E-state index contributed by atoms with van der Waals surface area (Å²) in [4.78, 5) is 16.4. The number of carbonyl (C=O) groups is 1. The lowest BCUT2D eigenvalue weighted by Gasteiger charge is -2.41. The maximum Gasteiger partial charge on any atom is 0.347 e. The van der Waals surface area contributed by atoms with Crippen LogP contribution in [0, 0.1) is 5.41 Å². The van der Waals surface area contributed by atoms with Crippen LogP contribution in [0.2, 0.25) is 0 Å². The molecule has 0 saturated heterocycles. The molecule has 0 aliphatic heterocycles. The monoisotopic (exact) mass is 311 g/mol. The lowest BCUT2D eigenvalue weighted by Crippen LogP contribution is -2.36. The average Bonchev–Trinajstić information content (AvgIpc) is 2.85. The van der Waals surface area contributed by atoms with Crippen molar-refractivity contribution in [3.05, 3.63) is 15.6 Å². The van der Waals surface area contributed by atoms with Crippen LogP contribution in [-0.4, -0.2) is 23.2 Å². The third-order valence-electron chi connectivity index (χ3n) is 4.57. The lowest BCUT2D eigenvalue weighted by molar-refractivity contribution is -0.0668. The Morgan fingerprint density at radius 2 is 1.95 bits per heavy atom. The summed E-state index contributed by atoms with van der Waals surface area (Å²) in [5.74, 6) is -0.871. The van der Waals surface area contributed by atoms with E-state index in [2.05, 4.69) is 18.8 Å². The predicted octanol–water partition coefficient (Wildman–Crippen LogP) is 4.24. The van der Waals surface area contributed by atoms with E-state index in [0.717, 1.165) is 37.1 Å². The van der Waals surface area contributed by atoms with Gasteiger partial charge >= 0.3 is 5.97 Å². The van der Waals surface area contributed by atoms with Gasteiger partial charge in [0.15, 0.2) is 0 Å². The second-order valence-corrected chi connectivity index (χ2v) is 7.71. The van der Waals surface area contributed by atoms with Gasteiger partial charge in [-0.15, -0.1) is 11.3 Å². The topological polar surface area (TPSA) is 59.4 Å². The van der Waals surface area contributed by atoms with Gasteiger partial charge in [-0.25, -0.2) is 9.78 Å². The number of carboxylic acid groups (broad SMARTS) is 1. The highest BCUT2D eigenvalue weighted by atomic mass is 32.1. The predicted molar refractivity (Wildman–Crippen MR) is 84.0 cm³/mol. The molecule has 1 N–H and O–H groups in total. The fourth-order valence-corrected chi connectivity index (χ4v) is 4.13. The van der Waals surface area contributed by atoms with E-state index in [1.54, 1.807) is 7.11 Å². The number of aromatic nitrogens is 1. The molecule has 21 heavy (non-hydrogen) atoms. The molecule has 1 saturated carbocycles. The first kappa shape index (κ1) is 16.4. The number of hydrogen-bond acceptors (Lipinski definition) is 4. The fourth-order valence-electron chi connectivity index (χ4n) is 2.96. The van der Waals surface area contributed by atoms with E-state index < -0.39 is 11.6 Å². The fraction of sp³-hybridized carbons (Fsp3) is 0.750. The zero-order valence-corrected chi connectivity index (χ0v) is 14.2. The lowest BCUT2D eigenvalue weighted by atomic mass is 9.71. The third kappa shape index (κ3) is 3.29. The summed E-state index contributed by atoms with van der Waals surface area (Å²) in [6.45, 7) is 6.60. The van der Waals surface area contributed by atoms with Crippen LogP contribution in [-0.2, 0) is 16.8 Å². The molecule has 0 spiro atoms. The molecular weight excluding hydrogens is 286 g/mol. The van der Waals surface area contributed by atoms with Gasteiger partial charge in [0.1, 0.15) is 15.5 Å². The summed E-state index contributed by atoms with van der Waals surface area (Å²) >= 11 is 1.30. The van der Waals surface area contributed by atoms with E-state index in [4.69, 9.17) is 4.74 Å². The van der Waals surface area contributed by atoms with Gasteiger partial charge in [-0.05, 0) is 37.5 Å². The van der Waals surface area contributed by atoms with Crippen molar-refractivity contribution in [3.63, 3.8) is 0 Å². The highest BCUT2D eigenvalue weighted by molar-refractivity contribution is 7.13. The summed E-state index contributed by atoms with van der Waals surface area (Å²) in [7, 11) is 1.72. The van der Waals surface area contributed by atoms with Gasteiger partial charge in [0.25, 0.3) is 0 Å². The van der Waals surface area contributed by atoms with Crippen LogP contribution in [0.5, 0.6) is 0 Å². The molecule has 1 aromatic rings. The van der Waals surface area contributed by atoms with Crippen LogP contribution in [0.15, 0.2) is 0 Å². The molecule has 0 atom stereocenters. The van der Waals surface area contributed by atoms with Gasteiger partial charge in [-0.2, -0.15) is 0 Å². The molecule has 1 fully saturated rings. The van der Waals surface area contributed by atoms with Crippen molar-refractivity contribution in [2.24, 2.45) is 5.41 Å². The van der Waals surface area contributed by atoms with Crippen molar-refractivity contribution in [1.82, 2.24) is 4.98 Å². The zero-order valence-electron chi connectivity index (χ0n) is 13.4. The van der Waals surface area contributed by atoms with E-state index in [-0.39, 0.29) is 0 Å². The van der Waals surface area contributed by atoms with Crippen molar-refractivity contribution in [2.45, 2.75) is 64.9 Å². The molecule has 0 bridgehead atoms. The molecule has 1 aliphatic carbocycles. The highest BCUT2D eigenvalue weighted by Crippen LogP contribution is 2.48. The average molecular weight is 311 g/mol. The second kappa shape index (κ2) is 6.05. The molecule has 1 heterocycles. The number of ether oxygens (including phenoxy) is 1. The molecule has 118 valence electrons. The smallest absolute Gasteiger partial charge is 0.347 e. The Bertz CT molecular complexity index is 512. The van der Waals surface area contributed by atoms with E-state index >= 15 is 0 Å². The van der Waals surface area contributed by atoms with Crippen LogP contribution < -0.4 is 0 Å². The Labute approximate surface area is 130 Å². The molecule has 0 aromatic carbocycles. The number of methoxy groups -OCH3 is 1. The Balaban J connectivity index is 2.35. The van der Waals surface area contributed by atoms with Crippen LogP contribution >= 0.6 is 11.3 Å². The number of aryl methyl sites for hydroxylation is 1. The molecule has 1 aliphatic rings. The van der Waals surface area contributed by atoms with Gasteiger partial charge in [0, 0.05) is 7.11 Å². The normalized spacial score (nSPS) is 20.4. The maximum atomic E-state index is 11.4. The Morgan fingerprint density at radius 3 is 2.43 bits per heavy atom. The molecule has 0 radical (unpaired) electrons. The Morgan fingerprint density at radius 1 is 1.33 bits per heavy atom. The number of hydrogen-bond donors (Lipinski definition) is 1. The zero-order chi connectivity index (χ0) is 15.7. The minimum absolute atomic E-state index is 0.334. The molecule has 5 heteroatoms. The second-order valence-electron chi connectivity index (χ2n) is 6.71. The standard InChI is InChI=1S/C16H25NO3S/c1-5-6-11-12(13(18)19)21-14(17-11)16(20-4)9-7-15(2,3)8-10-16/h5-10H2,1-4H3,(H,18,19). The van der Waals surface area contributed by atoms with Gasteiger partial charge in [0.2, 0.25) is 0 Å². The highest BCUT2D eigenvalue weighted by Gasteiger charge is 2.42. The van der Waals surface area contributed by atoms with Gasteiger partial charge < -0.3 is 9.84 Å². The molecule has 1 aromatic heterocycles. The first-order valence-corrected chi connectivity index (χ1v) is 8.44.